The van der Waals surface area contributed by atoms with Crippen LogP contribution in [0.5, 0.6) is 5.75 Å². The van der Waals surface area contributed by atoms with Crippen LogP contribution in [0, 0.1) is 11.3 Å². The van der Waals surface area contributed by atoms with Crippen LogP contribution in [0.4, 0.5) is 0 Å². The summed E-state index contributed by atoms with van der Waals surface area (Å²) in [6.07, 6.45) is 0.156. The first kappa shape index (κ1) is 16.0. The molecule has 20 heavy (non-hydrogen) atoms. The van der Waals surface area contributed by atoms with Crippen LogP contribution in [-0.4, -0.2) is 29.8 Å². The maximum Gasteiger partial charge on any atom is 0.260 e. The number of nitriles is 1. The Bertz CT molecular complexity index is 482. The first-order valence-corrected chi connectivity index (χ1v) is 6.69. The van der Waals surface area contributed by atoms with Crippen molar-refractivity contribution < 1.29 is 14.6 Å². The molecule has 0 spiro atoms. The quantitative estimate of drug-likeness (QED) is 0.792. The maximum atomic E-state index is 11.8. The Morgan fingerprint density at radius 2 is 2.30 bits per heavy atom. The molecule has 0 fully saturated rings. The van der Waals surface area contributed by atoms with Gasteiger partial charge in [0.25, 0.3) is 5.91 Å². The molecule has 1 amide bonds. The molecule has 108 valence electrons. The van der Waals surface area contributed by atoms with Crippen molar-refractivity contribution in [2.24, 2.45) is 0 Å². The molecule has 0 saturated carbocycles. The SMILES string of the molecule is CCC(O)CCNC(=O)C(C)Oc1cccc(C#N)c1. The van der Waals surface area contributed by atoms with Crippen LogP contribution in [0.3, 0.4) is 0 Å². The molecule has 0 bridgehead atoms. The lowest BCUT2D eigenvalue weighted by molar-refractivity contribution is -0.127. The third kappa shape index (κ3) is 5.29. The summed E-state index contributed by atoms with van der Waals surface area (Å²) in [6.45, 7) is 3.95. The van der Waals surface area contributed by atoms with Crippen LogP contribution >= 0.6 is 0 Å². The van der Waals surface area contributed by atoms with E-state index in [2.05, 4.69) is 5.32 Å². The predicted octanol–water partition coefficient (Wildman–Crippen LogP) is 1.60. The van der Waals surface area contributed by atoms with Gasteiger partial charge in [0, 0.05) is 6.54 Å². The van der Waals surface area contributed by atoms with Gasteiger partial charge in [0.1, 0.15) is 5.75 Å². The Balaban J connectivity index is 2.43. The Labute approximate surface area is 119 Å². The Morgan fingerprint density at radius 1 is 1.55 bits per heavy atom. The largest absolute Gasteiger partial charge is 0.481 e. The van der Waals surface area contributed by atoms with E-state index in [0.29, 0.717) is 30.7 Å². The van der Waals surface area contributed by atoms with Crippen LogP contribution < -0.4 is 10.1 Å². The van der Waals surface area contributed by atoms with Gasteiger partial charge in [0.2, 0.25) is 0 Å². The number of hydrogen-bond donors (Lipinski definition) is 2. The molecule has 2 N–H and O–H groups in total. The average Bonchev–Trinajstić information content (AvgIpc) is 2.46. The smallest absolute Gasteiger partial charge is 0.260 e. The van der Waals surface area contributed by atoms with Crippen molar-refractivity contribution in [1.29, 1.82) is 5.26 Å². The van der Waals surface area contributed by atoms with Gasteiger partial charge in [0.05, 0.1) is 17.7 Å². The van der Waals surface area contributed by atoms with Crippen LogP contribution in [-0.2, 0) is 4.79 Å². The van der Waals surface area contributed by atoms with Crippen molar-refractivity contribution >= 4 is 5.91 Å². The van der Waals surface area contributed by atoms with E-state index in [9.17, 15) is 9.90 Å². The molecule has 5 heteroatoms. The Hall–Kier alpha value is -2.06. The lowest BCUT2D eigenvalue weighted by Crippen LogP contribution is -2.37. The third-order valence-corrected chi connectivity index (χ3v) is 2.89. The summed E-state index contributed by atoms with van der Waals surface area (Å²) in [7, 11) is 0. The lowest BCUT2D eigenvalue weighted by atomic mass is 10.2. The van der Waals surface area contributed by atoms with E-state index in [4.69, 9.17) is 10.00 Å². The lowest BCUT2D eigenvalue weighted by Gasteiger charge is -2.15. The van der Waals surface area contributed by atoms with E-state index < -0.39 is 6.10 Å². The fourth-order valence-electron chi connectivity index (χ4n) is 1.61. The van der Waals surface area contributed by atoms with Gasteiger partial charge in [-0.15, -0.1) is 0 Å². The molecule has 0 saturated heterocycles. The number of carbonyl (C=O) groups is 1. The van der Waals surface area contributed by atoms with Crippen molar-refractivity contribution in [3.8, 4) is 11.8 Å². The predicted molar refractivity (Wildman–Crippen MR) is 75.2 cm³/mol. The van der Waals surface area contributed by atoms with Gasteiger partial charge < -0.3 is 15.2 Å². The molecule has 0 heterocycles. The first-order chi connectivity index (χ1) is 9.56. The summed E-state index contributed by atoms with van der Waals surface area (Å²) in [4.78, 5) is 11.8. The van der Waals surface area contributed by atoms with Crippen LogP contribution in [0.1, 0.15) is 32.3 Å². The van der Waals surface area contributed by atoms with Crippen LogP contribution in [0.15, 0.2) is 24.3 Å². The monoisotopic (exact) mass is 276 g/mol. The zero-order valence-electron chi connectivity index (χ0n) is 11.8. The Kier molecular flexibility index (Phi) is 6.54. The van der Waals surface area contributed by atoms with E-state index >= 15 is 0 Å². The summed E-state index contributed by atoms with van der Waals surface area (Å²) < 4.78 is 5.48. The number of carbonyl (C=O) groups excluding carboxylic acids is 1. The normalized spacial score (nSPS) is 13.1. The molecule has 5 nitrogen and oxygen atoms in total. The zero-order valence-corrected chi connectivity index (χ0v) is 11.8. The molecule has 2 unspecified atom stereocenters. The number of benzene rings is 1. The molecular formula is C15H20N2O3. The summed E-state index contributed by atoms with van der Waals surface area (Å²) in [6, 6.07) is 8.68. The highest BCUT2D eigenvalue weighted by molar-refractivity contribution is 5.80. The van der Waals surface area contributed by atoms with Gasteiger partial charge in [-0.05, 0) is 38.0 Å². The van der Waals surface area contributed by atoms with Gasteiger partial charge in [-0.25, -0.2) is 0 Å². The molecule has 1 aromatic carbocycles. The van der Waals surface area contributed by atoms with Gasteiger partial charge in [-0.2, -0.15) is 5.26 Å². The topological polar surface area (TPSA) is 82.3 Å². The summed E-state index contributed by atoms with van der Waals surface area (Å²) >= 11 is 0. The highest BCUT2D eigenvalue weighted by atomic mass is 16.5. The second kappa shape index (κ2) is 8.18. The molecule has 0 aromatic heterocycles. The molecule has 0 aliphatic rings. The third-order valence-electron chi connectivity index (χ3n) is 2.89. The highest BCUT2D eigenvalue weighted by Crippen LogP contribution is 2.14. The summed E-state index contributed by atoms with van der Waals surface area (Å²) in [5.41, 5.74) is 0.487. The van der Waals surface area contributed by atoms with Crippen LogP contribution in [0.25, 0.3) is 0 Å². The van der Waals surface area contributed by atoms with Gasteiger partial charge in [-0.3, -0.25) is 4.79 Å². The number of amides is 1. The van der Waals surface area contributed by atoms with Crippen molar-refractivity contribution in [3.05, 3.63) is 29.8 Å². The second-order valence-corrected chi connectivity index (χ2v) is 4.54. The average molecular weight is 276 g/mol. The summed E-state index contributed by atoms with van der Waals surface area (Å²) in [5, 5.41) is 20.9. The minimum absolute atomic E-state index is 0.240. The fourth-order valence-corrected chi connectivity index (χ4v) is 1.61. The zero-order chi connectivity index (χ0) is 15.0. The minimum atomic E-state index is -0.650. The van der Waals surface area contributed by atoms with Crippen molar-refractivity contribution in [3.63, 3.8) is 0 Å². The maximum absolute atomic E-state index is 11.8. The summed E-state index contributed by atoms with van der Waals surface area (Å²) in [5.74, 6) is 0.246. The van der Waals surface area contributed by atoms with Gasteiger partial charge in [-0.1, -0.05) is 13.0 Å². The number of aliphatic hydroxyl groups is 1. The number of rotatable bonds is 7. The number of nitrogens with zero attached hydrogens (tertiary/aromatic N) is 1. The van der Waals surface area contributed by atoms with Gasteiger partial charge in [0.15, 0.2) is 6.10 Å². The molecule has 0 radical (unpaired) electrons. The minimum Gasteiger partial charge on any atom is -0.481 e. The molecule has 0 aliphatic carbocycles. The van der Waals surface area contributed by atoms with E-state index in [-0.39, 0.29) is 12.0 Å². The van der Waals surface area contributed by atoms with E-state index in [1.807, 2.05) is 13.0 Å². The number of ether oxygens (including phenoxy) is 1. The van der Waals surface area contributed by atoms with E-state index in [1.165, 1.54) is 0 Å². The van der Waals surface area contributed by atoms with Crippen molar-refractivity contribution in [2.75, 3.05) is 6.54 Å². The molecular weight excluding hydrogens is 256 g/mol. The molecule has 1 rings (SSSR count). The number of aliphatic hydroxyl groups excluding tert-OH is 1. The van der Waals surface area contributed by atoms with Crippen molar-refractivity contribution in [2.45, 2.75) is 38.9 Å². The van der Waals surface area contributed by atoms with Crippen molar-refractivity contribution in [1.82, 2.24) is 5.32 Å². The second-order valence-electron chi connectivity index (χ2n) is 4.54. The van der Waals surface area contributed by atoms with E-state index in [0.717, 1.165) is 0 Å². The molecule has 0 aliphatic heterocycles. The first-order valence-electron chi connectivity index (χ1n) is 6.69. The standard InChI is InChI=1S/C15H20N2O3/c1-3-13(18)7-8-17-15(19)11(2)20-14-6-4-5-12(9-14)10-16/h4-6,9,11,13,18H,3,7-8H2,1-2H3,(H,17,19). The highest BCUT2D eigenvalue weighted by Gasteiger charge is 2.14. The molecule has 2 atom stereocenters. The fraction of sp³-hybridized carbons (Fsp3) is 0.467. The van der Waals surface area contributed by atoms with Crippen LogP contribution in [0.2, 0.25) is 0 Å². The van der Waals surface area contributed by atoms with E-state index in [1.54, 1.807) is 31.2 Å². The molecule has 1 aromatic rings. The number of nitrogens with one attached hydrogen (secondary N) is 1. The van der Waals surface area contributed by atoms with Gasteiger partial charge >= 0.3 is 0 Å². The number of hydrogen-bond acceptors (Lipinski definition) is 4. The Morgan fingerprint density at radius 3 is 2.95 bits per heavy atom.